The Bertz CT molecular complexity index is 1660. The van der Waals surface area contributed by atoms with Crippen LogP contribution in [0.5, 0.6) is 0 Å². The Balaban J connectivity index is 1.21. The van der Waals surface area contributed by atoms with Crippen molar-refractivity contribution in [1.29, 1.82) is 0 Å². The summed E-state index contributed by atoms with van der Waals surface area (Å²) in [6, 6.07) is 12.1. The van der Waals surface area contributed by atoms with Crippen molar-refractivity contribution in [1.82, 2.24) is 24.3 Å². The number of hydrogen-bond acceptors (Lipinski definition) is 7. The van der Waals surface area contributed by atoms with Crippen LogP contribution in [0.2, 0.25) is 25.7 Å². The molecular weight excluding hydrogens is 601 g/mol. The number of esters is 1. The number of urea groups is 2. The van der Waals surface area contributed by atoms with E-state index in [0.717, 1.165) is 20.9 Å². The monoisotopic (exact) mass is 640 g/mol. The van der Waals surface area contributed by atoms with Crippen molar-refractivity contribution in [2.24, 2.45) is 0 Å². The van der Waals surface area contributed by atoms with Crippen molar-refractivity contribution >= 4 is 52.7 Å². The molecule has 5 rings (SSSR count). The highest BCUT2D eigenvalue weighted by molar-refractivity contribution is 7.90. The van der Waals surface area contributed by atoms with E-state index in [1.807, 2.05) is 29.2 Å². The van der Waals surface area contributed by atoms with Crippen LogP contribution in [0, 0.1) is 0 Å². The number of carbonyl (C=O) groups excluding carboxylic acids is 3. The molecule has 0 radical (unpaired) electrons. The zero-order valence-electron chi connectivity index (χ0n) is 25.6. The summed E-state index contributed by atoms with van der Waals surface area (Å²) in [4.78, 5) is 42.1. The van der Waals surface area contributed by atoms with Gasteiger partial charge in [0.1, 0.15) is 6.04 Å². The molecule has 0 bridgehead atoms. The van der Waals surface area contributed by atoms with Gasteiger partial charge >= 0.3 is 18.0 Å². The third-order valence-electron chi connectivity index (χ3n) is 8.25. The first kappa shape index (κ1) is 31.5. The highest BCUT2D eigenvalue weighted by Crippen LogP contribution is 2.28. The van der Waals surface area contributed by atoms with Crippen molar-refractivity contribution in [3.63, 3.8) is 0 Å². The van der Waals surface area contributed by atoms with Crippen LogP contribution < -0.4 is 10.6 Å². The van der Waals surface area contributed by atoms with Crippen LogP contribution in [0.3, 0.4) is 0 Å². The summed E-state index contributed by atoms with van der Waals surface area (Å²) in [5, 5.41) is 10.5. The predicted molar refractivity (Wildman–Crippen MR) is 171 cm³/mol. The fourth-order valence-corrected chi connectivity index (χ4v) is 9.95. The van der Waals surface area contributed by atoms with Crippen LogP contribution in [0.4, 0.5) is 15.3 Å². The van der Waals surface area contributed by atoms with Gasteiger partial charge in [0.2, 0.25) is 0 Å². The van der Waals surface area contributed by atoms with Crippen molar-refractivity contribution in [2.75, 3.05) is 31.3 Å². The maximum absolute atomic E-state index is 13.2. The summed E-state index contributed by atoms with van der Waals surface area (Å²) < 4.78 is 32.0. The molecule has 0 saturated carbocycles. The van der Waals surface area contributed by atoms with Gasteiger partial charge in [0.05, 0.1) is 24.6 Å². The number of carbonyl (C=O) groups is 3. The maximum Gasteiger partial charge on any atom is 0.328 e. The number of anilines is 1. The Morgan fingerprint density at radius 2 is 1.86 bits per heavy atom. The van der Waals surface area contributed by atoms with Crippen LogP contribution in [0.25, 0.3) is 10.9 Å². The Labute approximate surface area is 258 Å². The van der Waals surface area contributed by atoms with Gasteiger partial charge in [-0.1, -0.05) is 43.9 Å². The summed E-state index contributed by atoms with van der Waals surface area (Å²) in [6.07, 6.45) is 2.90. The van der Waals surface area contributed by atoms with Crippen molar-refractivity contribution in [3.05, 3.63) is 59.8 Å². The zero-order chi connectivity index (χ0) is 31.6. The summed E-state index contributed by atoms with van der Waals surface area (Å²) in [5.41, 5.74) is 3.08. The second kappa shape index (κ2) is 12.6. The van der Waals surface area contributed by atoms with E-state index in [-0.39, 0.29) is 30.3 Å². The average Bonchev–Trinajstić information content (AvgIpc) is 3.43. The summed E-state index contributed by atoms with van der Waals surface area (Å²) in [5.74, 6) is -0.546. The Morgan fingerprint density at radius 3 is 2.57 bits per heavy atom. The fraction of sp³-hybridized carbons (Fsp3) is 0.467. The lowest BCUT2D eigenvalue weighted by Crippen LogP contribution is -2.54. The van der Waals surface area contributed by atoms with E-state index in [0.29, 0.717) is 49.4 Å². The highest BCUT2D eigenvalue weighted by Gasteiger charge is 2.34. The number of ether oxygens (including phenoxy) is 1. The first-order valence-electron chi connectivity index (χ1n) is 14.8. The molecule has 2 aliphatic heterocycles. The van der Waals surface area contributed by atoms with Crippen LogP contribution in [-0.2, 0) is 32.5 Å². The molecule has 236 valence electrons. The number of hydrogen-bond donors (Lipinski definition) is 2. The molecule has 14 heteroatoms. The molecule has 1 atom stereocenters. The molecule has 1 aromatic heterocycles. The number of benzene rings is 2. The molecular formula is C30H40N6O6SSi. The number of likely N-dealkylation sites (tertiary alicyclic amines) is 1. The van der Waals surface area contributed by atoms with Crippen molar-refractivity contribution in [2.45, 2.75) is 63.6 Å². The van der Waals surface area contributed by atoms with Crippen molar-refractivity contribution in [3.8, 4) is 0 Å². The van der Waals surface area contributed by atoms with E-state index in [2.05, 4.69) is 35.4 Å². The third-order valence-corrected chi connectivity index (χ3v) is 11.9. The summed E-state index contributed by atoms with van der Waals surface area (Å²) >= 11 is 0. The molecule has 1 fully saturated rings. The number of fused-ring (bicyclic) bond motifs is 2. The minimum absolute atomic E-state index is 0.00388. The largest absolute Gasteiger partial charge is 0.467 e. The molecule has 4 amide bonds. The number of piperidine rings is 1. The maximum atomic E-state index is 13.2. The van der Waals surface area contributed by atoms with Crippen LogP contribution in [0.15, 0.2) is 48.7 Å². The topological polar surface area (TPSA) is 143 Å². The van der Waals surface area contributed by atoms with Crippen LogP contribution in [0.1, 0.15) is 24.0 Å². The number of aromatic nitrogens is 2. The molecule has 12 nitrogen and oxygen atoms in total. The minimum atomic E-state index is -3.61. The Kier molecular flexibility index (Phi) is 9.02. The molecule has 2 aliphatic rings. The van der Waals surface area contributed by atoms with Gasteiger partial charge in [-0.05, 0) is 48.2 Å². The molecule has 1 unspecified atom stereocenters. The summed E-state index contributed by atoms with van der Waals surface area (Å²) in [6.45, 7) is 7.78. The normalized spacial score (nSPS) is 16.8. The third kappa shape index (κ3) is 7.07. The molecule has 3 heterocycles. The van der Waals surface area contributed by atoms with Crippen LogP contribution in [-0.4, -0.2) is 91.5 Å². The van der Waals surface area contributed by atoms with Gasteiger partial charge in [0.15, 0.2) is 0 Å². The Hall–Kier alpha value is -3.91. The molecule has 0 spiro atoms. The number of amides is 4. The van der Waals surface area contributed by atoms with Gasteiger partial charge in [-0.2, -0.15) is 9.19 Å². The Morgan fingerprint density at radius 1 is 1.14 bits per heavy atom. The second-order valence-electron chi connectivity index (χ2n) is 12.7. The molecule has 44 heavy (non-hydrogen) atoms. The van der Waals surface area contributed by atoms with E-state index >= 15 is 0 Å². The SMILES string of the molecule is COC(=O)C(Cc1ccc2c(cnn2S(=O)(=O)CC[Si](C)(C)C)c1)NC(=O)N1CCC(N2Cc3ccccc3NC2=O)CC1. The number of nitrogens with one attached hydrogen (secondary N) is 2. The highest BCUT2D eigenvalue weighted by atomic mass is 32.2. The van der Waals surface area contributed by atoms with Gasteiger partial charge in [0, 0.05) is 51.2 Å². The van der Waals surface area contributed by atoms with E-state index in [4.69, 9.17) is 4.74 Å². The number of methoxy groups -OCH3 is 1. The molecule has 1 saturated heterocycles. The fourth-order valence-electron chi connectivity index (χ4n) is 5.64. The van der Waals surface area contributed by atoms with Gasteiger partial charge in [-0.3, -0.25) is 0 Å². The van der Waals surface area contributed by atoms with E-state index in [1.54, 1.807) is 23.1 Å². The quantitative estimate of drug-likeness (QED) is 0.267. The van der Waals surface area contributed by atoms with E-state index in [9.17, 15) is 22.8 Å². The lowest BCUT2D eigenvalue weighted by molar-refractivity contribution is -0.142. The average molecular weight is 641 g/mol. The first-order valence-corrected chi connectivity index (χ1v) is 20.1. The molecule has 0 aliphatic carbocycles. The standard InChI is InChI=1S/C30H40N6O6SSi/c1-42-28(37)26(18-21-9-10-27-23(17-21)19-31-36(27)43(40,41)15-16-44(2,3)4)33-29(38)34-13-11-24(12-14-34)35-20-22-7-5-6-8-25(22)32-30(35)39/h5-10,17,19,24,26H,11-16,18,20H2,1-4H3,(H,32,39)(H,33,38). The minimum Gasteiger partial charge on any atom is -0.467 e. The van der Waals surface area contributed by atoms with Crippen molar-refractivity contribution < 1.29 is 27.5 Å². The van der Waals surface area contributed by atoms with Gasteiger partial charge in [-0.15, -0.1) is 0 Å². The lowest BCUT2D eigenvalue weighted by Gasteiger charge is -2.40. The number of nitrogens with zero attached hydrogens (tertiary/aromatic N) is 4. The lowest BCUT2D eigenvalue weighted by atomic mass is 10.0. The number of rotatable bonds is 9. The zero-order valence-corrected chi connectivity index (χ0v) is 27.4. The van der Waals surface area contributed by atoms with E-state index < -0.39 is 30.1 Å². The smallest absolute Gasteiger partial charge is 0.328 e. The second-order valence-corrected chi connectivity index (χ2v) is 20.2. The first-order chi connectivity index (χ1) is 20.8. The van der Waals surface area contributed by atoms with Gasteiger partial charge in [0.25, 0.3) is 10.0 Å². The van der Waals surface area contributed by atoms with Gasteiger partial charge < -0.3 is 25.2 Å². The van der Waals surface area contributed by atoms with Gasteiger partial charge in [-0.25, -0.2) is 22.8 Å². The van der Waals surface area contributed by atoms with E-state index in [1.165, 1.54) is 13.3 Å². The molecule has 2 aromatic carbocycles. The number of para-hydroxylation sites is 1. The van der Waals surface area contributed by atoms with Crippen LogP contribution >= 0.6 is 0 Å². The predicted octanol–water partition coefficient (Wildman–Crippen LogP) is 3.86. The molecule has 3 aromatic rings. The summed E-state index contributed by atoms with van der Waals surface area (Å²) in [7, 11) is -3.90. The molecule has 2 N–H and O–H groups in total.